The first-order valence-corrected chi connectivity index (χ1v) is 4.70. The molecular formula is C11H12ClNO. The van der Waals surface area contributed by atoms with E-state index < -0.39 is 0 Å². The molecule has 1 rings (SSSR count). The van der Waals surface area contributed by atoms with Crippen LogP contribution in [0.1, 0.15) is 18.9 Å². The summed E-state index contributed by atoms with van der Waals surface area (Å²) in [4.78, 5) is 10.8. The number of hydrogen-bond acceptors (Lipinski definition) is 1. The van der Waals surface area contributed by atoms with Crippen LogP contribution in [-0.2, 0) is 4.79 Å². The highest BCUT2D eigenvalue weighted by Crippen LogP contribution is 2.19. The largest absolute Gasteiger partial charge is 0.369 e. The second-order valence-corrected chi connectivity index (χ2v) is 3.40. The predicted octanol–water partition coefficient (Wildman–Crippen LogP) is 2.62. The predicted molar refractivity (Wildman–Crippen MR) is 58.9 cm³/mol. The summed E-state index contributed by atoms with van der Waals surface area (Å²) in [6, 6.07) is 7.34. The van der Waals surface area contributed by atoms with Crippen LogP contribution in [0.2, 0.25) is 5.02 Å². The Balaban J connectivity index is 2.91. The third kappa shape index (κ3) is 2.89. The van der Waals surface area contributed by atoms with E-state index in [9.17, 15) is 4.79 Å². The molecule has 0 heterocycles. The molecule has 0 radical (unpaired) electrons. The molecule has 14 heavy (non-hydrogen) atoms. The Morgan fingerprint density at radius 3 is 2.43 bits per heavy atom. The summed E-state index contributed by atoms with van der Waals surface area (Å²) in [6.45, 7) is 1.88. The van der Waals surface area contributed by atoms with Crippen molar-refractivity contribution in [2.45, 2.75) is 13.3 Å². The average molecular weight is 210 g/mol. The molecule has 0 aliphatic carbocycles. The molecule has 0 aliphatic heterocycles. The zero-order chi connectivity index (χ0) is 10.6. The van der Waals surface area contributed by atoms with Gasteiger partial charge in [0.1, 0.15) is 0 Å². The molecule has 0 bridgehead atoms. The van der Waals surface area contributed by atoms with E-state index >= 15 is 0 Å². The van der Waals surface area contributed by atoms with E-state index in [1.165, 1.54) is 0 Å². The highest BCUT2D eigenvalue weighted by atomic mass is 35.5. The maximum atomic E-state index is 10.8. The molecule has 2 nitrogen and oxygen atoms in total. The monoisotopic (exact) mass is 209 g/mol. The molecule has 1 aromatic rings. The fourth-order valence-electron chi connectivity index (χ4n) is 1.22. The highest BCUT2D eigenvalue weighted by molar-refractivity contribution is 6.30. The summed E-state index contributed by atoms with van der Waals surface area (Å²) in [5.74, 6) is -0.326. The van der Waals surface area contributed by atoms with E-state index in [4.69, 9.17) is 17.3 Å². The molecule has 0 fully saturated rings. The number of amides is 1. The number of halogens is 1. The standard InChI is InChI=1S/C11H12ClNO/c1-2-8(7-11(13)14)9-3-5-10(12)6-4-9/h2-6H,7H2,1H3,(H2,13,14)/b8-2-. The summed E-state index contributed by atoms with van der Waals surface area (Å²) in [5, 5.41) is 0.684. The van der Waals surface area contributed by atoms with Crippen LogP contribution in [0.25, 0.3) is 5.57 Å². The van der Waals surface area contributed by atoms with Crippen LogP contribution in [0.5, 0.6) is 0 Å². The van der Waals surface area contributed by atoms with Gasteiger partial charge in [-0.15, -0.1) is 0 Å². The van der Waals surface area contributed by atoms with Crippen LogP contribution in [0.3, 0.4) is 0 Å². The molecule has 0 aromatic heterocycles. The van der Waals surface area contributed by atoms with Crippen molar-refractivity contribution in [1.29, 1.82) is 0 Å². The fraction of sp³-hybridized carbons (Fsp3) is 0.182. The summed E-state index contributed by atoms with van der Waals surface area (Å²) < 4.78 is 0. The zero-order valence-corrected chi connectivity index (χ0v) is 8.71. The van der Waals surface area contributed by atoms with Crippen molar-refractivity contribution >= 4 is 23.1 Å². The van der Waals surface area contributed by atoms with E-state index in [0.717, 1.165) is 11.1 Å². The van der Waals surface area contributed by atoms with Crippen LogP contribution < -0.4 is 5.73 Å². The summed E-state index contributed by atoms with van der Waals surface area (Å²) in [6.07, 6.45) is 2.14. The Hall–Kier alpha value is -1.28. The second kappa shape index (κ2) is 4.82. The van der Waals surface area contributed by atoms with Gasteiger partial charge >= 0.3 is 0 Å². The summed E-state index contributed by atoms with van der Waals surface area (Å²) in [5.41, 5.74) is 7.04. The number of allylic oxidation sites excluding steroid dienone is 1. The Labute approximate surface area is 88.4 Å². The normalized spacial score (nSPS) is 11.4. The minimum atomic E-state index is -0.326. The first-order chi connectivity index (χ1) is 6.63. The molecule has 0 atom stereocenters. The van der Waals surface area contributed by atoms with Gasteiger partial charge in [-0.05, 0) is 30.2 Å². The van der Waals surface area contributed by atoms with Crippen molar-refractivity contribution in [2.24, 2.45) is 5.73 Å². The Kier molecular flexibility index (Phi) is 3.72. The van der Waals surface area contributed by atoms with Crippen molar-refractivity contribution in [3.63, 3.8) is 0 Å². The van der Waals surface area contributed by atoms with Gasteiger partial charge in [-0.1, -0.05) is 29.8 Å². The lowest BCUT2D eigenvalue weighted by Crippen LogP contribution is -2.10. The lowest BCUT2D eigenvalue weighted by atomic mass is 10.0. The lowest BCUT2D eigenvalue weighted by molar-refractivity contribution is -0.117. The topological polar surface area (TPSA) is 43.1 Å². The number of hydrogen-bond donors (Lipinski definition) is 1. The first-order valence-electron chi connectivity index (χ1n) is 4.33. The van der Waals surface area contributed by atoms with Crippen molar-refractivity contribution in [2.75, 3.05) is 0 Å². The van der Waals surface area contributed by atoms with Crippen LogP contribution in [0.15, 0.2) is 30.3 Å². The van der Waals surface area contributed by atoms with Crippen LogP contribution in [0, 0.1) is 0 Å². The van der Waals surface area contributed by atoms with Crippen molar-refractivity contribution in [1.82, 2.24) is 0 Å². The molecule has 0 saturated carbocycles. The summed E-state index contributed by atoms with van der Waals surface area (Å²) in [7, 11) is 0. The molecule has 1 aromatic carbocycles. The van der Waals surface area contributed by atoms with E-state index in [1.807, 2.05) is 25.1 Å². The van der Waals surface area contributed by atoms with Crippen molar-refractivity contribution in [3.8, 4) is 0 Å². The van der Waals surface area contributed by atoms with Crippen LogP contribution >= 0.6 is 11.6 Å². The Morgan fingerprint density at radius 2 is 2.00 bits per heavy atom. The zero-order valence-electron chi connectivity index (χ0n) is 7.96. The number of benzene rings is 1. The van der Waals surface area contributed by atoms with Gasteiger partial charge in [0.05, 0.1) is 6.42 Å². The molecule has 0 saturated heterocycles. The molecule has 74 valence electrons. The van der Waals surface area contributed by atoms with E-state index in [1.54, 1.807) is 12.1 Å². The van der Waals surface area contributed by atoms with Crippen LogP contribution in [0.4, 0.5) is 0 Å². The average Bonchev–Trinajstić information content (AvgIpc) is 2.15. The number of nitrogens with two attached hydrogens (primary N) is 1. The van der Waals surface area contributed by atoms with Gasteiger partial charge in [-0.3, -0.25) is 4.79 Å². The number of carbonyl (C=O) groups excluding carboxylic acids is 1. The Morgan fingerprint density at radius 1 is 1.43 bits per heavy atom. The maximum Gasteiger partial charge on any atom is 0.221 e. The quantitative estimate of drug-likeness (QED) is 0.817. The van der Waals surface area contributed by atoms with Gasteiger partial charge in [-0.2, -0.15) is 0 Å². The minimum absolute atomic E-state index is 0.262. The fourth-order valence-corrected chi connectivity index (χ4v) is 1.35. The van der Waals surface area contributed by atoms with Gasteiger partial charge in [-0.25, -0.2) is 0 Å². The molecule has 0 aliphatic rings. The third-order valence-corrected chi connectivity index (χ3v) is 2.18. The maximum absolute atomic E-state index is 10.8. The summed E-state index contributed by atoms with van der Waals surface area (Å²) >= 11 is 5.75. The van der Waals surface area contributed by atoms with Gasteiger partial charge in [0.2, 0.25) is 5.91 Å². The highest BCUT2D eigenvalue weighted by Gasteiger charge is 2.03. The van der Waals surface area contributed by atoms with Gasteiger partial charge < -0.3 is 5.73 Å². The second-order valence-electron chi connectivity index (χ2n) is 2.96. The molecular weight excluding hydrogens is 198 g/mol. The van der Waals surface area contributed by atoms with E-state index in [-0.39, 0.29) is 12.3 Å². The third-order valence-electron chi connectivity index (χ3n) is 1.93. The van der Waals surface area contributed by atoms with Crippen molar-refractivity contribution < 1.29 is 4.79 Å². The molecule has 3 heteroatoms. The minimum Gasteiger partial charge on any atom is -0.369 e. The van der Waals surface area contributed by atoms with Crippen LogP contribution in [-0.4, -0.2) is 5.91 Å². The Bertz CT molecular complexity index is 354. The molecule has 0 unspecified atom stereocenters. The number of primary amides is 1. The number of rotatable bonds is 3. The molecule has 1 amide bonds. The van der Waals surface area contributed by atoms with Gasteiger partial charge in [0.25, 0.3) is 0 Å². The lowest BCUT2D eigenvalue weighted by Gasteiger charge is -2.04. The SMILES string of the molecule is C/C=C(/CC(N)=O)c1ccc(Cl)cc1. The smallest absolute Gasteiger partial charge is 0.221 e. The van der Waals surface area contributed by atoms with Gasteiger partial charge in [0, 0.05) is 5.02 Å². The van der Waals surface area contributed by atoms with E-state index in [0.29, 0.717) is 5.02 Å². The van der Waals surface area contributed by atoms with Crippen molar-refractivity contribution in [3.05, 3.63) is 40.9 Å². The first kappa shape index (κ1) is 10.8. The van der Waals surface area contributed by atoms with Gasteiger partial charge in [0.15, 0.2) is 0 Å². The number of carbonyl (C=O) groups is 1. The molecule has 0 spiro atoms. The molecule has 2 N–H and O–H groups in total. The van der Waals surface area contributed by atoms with E-state index in [2.05, 4.69) is 0 Å².